The summed E-state index contributed by atoms with van der Waals surface area (Å²) in [5.41, 5.74) is 15.0. The summed E-state index contributed by atoms with van der Waals surface area (Å²) in [6.45, 7) is 3.95. The van der Waals surface area contributed by atoms with Crippen molar-refractivity contribution in [1.82, 2.24) is 0 Å². The topological polar surface area (TPSA) is 99.7 Å². The van der Waals surface area contributed by atoms with Crippen molar-refractivity contribution in [3.8, 4) is 0 Å². The highest BCUT2D eigenvalue weighted by Crippen LogP contribution is 2.13. The Bertz CT molecular complexity index is 483. The van der Waals surface area contributed by atoms with Crippen LogP contribution in [0.2, 0.25) is 0 Å². The van der Waals surface area contributed by atoms with Crippen LogP contribution in [0.1, 0.15) is 25.8 Å². The summed E-state index contributed by atoms with van der Waals surface area (Å²) >= 11 is 0. The zero-order chi connectivity index (χ0) is 14.4. The molecular formula is C15H22N4. The standard InChI is InChI=1S/C15H22N4/c1-10(2)13(9-16)15(19)14(18)8-5-11-3-6-12(17)7-4-11/h3-4,6-7,9-10,16,18H,5,8,17,19H2,1-2H3. The van der Waals surface area contributed by atoms with Gasteiger partial charge in [0.25, 0.3) is 0 Å². The zero-order valence-electron chi connectivity index (χ0n) is 11.5. The lowest BCUT2D eigenvalue weighted by Gasteiger charge is -2.12. The Labute approximate surface area is 114 Å². The van der Waals surface area contributed by atoms with E-state index in [1.807, 2.05) is 38.1 Å². The molecule has 102 valence electrons. The van der Waals surface area contributed by atoms with Gasteiger partial charge >= 0.3 is 0 Å². The average molecular weight is 258 g/mol. The second kappa shape index (κ2) is 6.73. The molecule has 0 aliphatic heterocycles. The maximum absolute atomic E-state index is 8.00. The van der Waals surface area contributed by atoms with Crippen molar-refractivity contribution in [2.45, 2.75) is 26.7 Å². The molecule has 0 bridgehead atoms. The van der Waals surface area contributed by atoms with Crippen LogP contribution >= 0.6 is 0 Å². The number of rotatable bonds is 6. The van der Waals surface area contributed by atoms with Crippen molar-refractivity contribution >= 4 is 17.6 Å². The van der Waals surface area contributed by atoms with Crippen LogP contribution in [-0.4, -0.2) is 11.9 Å². The van der Waals surface area contributed by atoms with Crippen LogP contribution in [0, 0.1) is 16.7 Å². The molecule has 0 fully saturated rings. The molecule has 0 aliphatic rings. The summed E-state index contributed by atoms with van der Waals surface area (Å²) in [5.74, 6) is 0.161. The largest absolute Gasteiger partial charge is 0.399 e. The third-order valence-electron chi connectivity index (χ3n) is 3.06. The number of nitrogen functional groups attached to an aromatic ring is 1. The smallest absolute Gasteiger partial charge is 0.0576 e. The molecular weight excluding hydrogens is 236 g/mol. The first-order valence-corrected chi connectivity index (χ1v) is 6.38. The van der Waals surface area contributed by atoms with Crippen LogP contribution < -0.4 is 11.5 Å². The number of anilines is 1. The quantitative estimate of drug-likeness (QED) is 0.466. The minimum absolute atomic E-state index is 0.161. The molecule has 0 heterocycles. The van der Waals surface area contributed by atoms with Crippen LogP contribution in [0.3, 0.4) is 0 Å². The van der Waals surface area contributed by atoms with Crippen molar-refractivity contribution in [1.29, 1.82) is 10.8 Å². The minimum atomic E-state index is 0.161. The van der Waals surface area contributed by atoms with Gasteiger partial charge in [-0.25, -0.2) is 0 Å². The summed E-state index contributed by atoms with van der Waals surface area (Å²) in [7, 11) is 0. The van der Waals surface area contributed by atoms with Gasteiger partial charge in [-0.1, -0.05) is 26.0 Å². The molecule has 0 saturated heterocycles. The zero-order valence-corrected chi connectivity index (χ0v) is 11.5. The predicted molar refractivity (Wildman–Crippen MR) is 81.7 cm³/mol. The molecule has 0 amide bonds. The molecule has 4 heteroatoms. The summed E-state index contributed by atoms with van der Waals surface area (Å²) in [6, 6.07) is 7.63. The lowest BCUT2D eigenvalue weighted by atomic mass is 9.97. The predicted octanol–water partition coefficient (Wildman–Crippen LogP) is 2.74. The van der Waals surface area contributed by atoms with Crippen molar-refractivity contribution in [2.75, 3.05) is 5.73 Å². The average Bonchev–Trinajstić information content (AvgIpc) is 2.38. The Morgan fingerprint density at radius 2 is 1.84 bits per heavy atom. The Hall–Kier alpha value is -2.10. The Balaban J connectivity index is 2.70. The summed E-state index contributed by atoms with van der Waals surface area (Å²) in [5, 5.41) is 15.4. The Morgan fingerprint density at radius 1 is 1.26 bits per heavy atom. The molecule has 0 unspecified atom stereocenters. The van der Waals surface area contributed by atoms with Crippen molar-refractivity contribution in [2.24, 2.45) is 11.7 Å². The summed E-state index contributed by atoms with van der Waals surface area (Å²) in [6.07, 6.45) is 2.57. The molecule has 0 spiro atoms. The van der Waals surface area contributed by atoms with Gasteiger partial charge in [0.05, 0.1) is 11.4 Å². The van der Waals surface area contributed by atoms with Gasteiger partial charge < -0.3 is 22.3 Å². The van der Waals surface area contributed by atoms with E-state index < -0.39 is 0 Å². The first kappa shape index (κ1) is 15.0. The van der Waals surface area contributed by atoms with Gasteiger partial charge in [-0.05, 0) is 42.0 Å². The molecule has 19 heavy (non-hydrogen) atoms. The lowest BCUT2D eigenvalue weighted by Crippen LogP contribution is -2.17. The first-order valence-electron chi connectivity index (χ1n) is 6.38. The van der Waals surface area contributed by atoms with E-state index in [0.29, 0.717) is 17.8 Å². The Kier molecular flexibility index (Phi) is 5.30. The van der Waals surface area contributed by atoms with E-state index in [9.17, 15) is 0 Å². The fourth-order valence-electron chi connectivity index (χ4n) is 1.82. The normalized spacial score (nSPS) is 12.2. The highest BCUT2D eigenvalue weighted by atomic mass is 14.6. The number of allylic oxidation sites excluding steroid dienone is 2. The van der Waals surface area contributed by atoms with Crippen LogP contribution in [0.4, 0.5) is 5.69 Å². The molecule has 0 saturated carbocycles. The lowest BCUT2D eigenvalue weighted by molar-refractivity contribution is 0.796. The second-order valence-corrected chi connectivity index (χ2v) is 4.89. The second-order valence-electron chi connectivity index (χ2n) is 4.89. The molecule has 6 N–H and O–H groups in total. The third-order valence-corrected chi connectivity index (χ3v) is 3.06. The molecule has 0 aliphatic carbocycles. The van der Waals surface area contributed by atoms with Gasteiger partial charge in [-0.3, -0.25) is 0 Å². The fraction of sp³-hybridized carbons (Fsp3) is 0.333. The van der Waals surface area contributed by atoms with Gasteiger partial charge in [-0.15, -0.1) is 0 Å². The van der Waals surface area contributed by atoms with Gasteiger partial charge in [0.1, 0.15) is 0 Å². The monoisotopic (exact) mass is 258 g/mol. The van der Waals surface area contributed by atoms with E-state index in [4.69, 9.17) is 22.3 Å². The van der Waals surface area contributed by atoms with Crippen LogP contribution in [-0.2, 0) is 6.42 Å². The number of hydrogen-bond donors (Lipinski definition) is 4. The molecule has 1 rings (SSSR count). The van der Waals surface area contributed by atoms with Gasteiger partial charge in [0.2, 0.25) is 0 Å². The van der Waals surface area contributed by atoms with Gasteiger partial charge in [0.15, 0.2) is 0 Å². The van der Waals surface area contributed by atoms with Gasteiger partial charge in [-0.2, -0.15) is 0 Å². The maximum atomic E-state index is 8.00. The number of hydrogen-bond acceptors (Lipinski definition) is 4. The SMILES string of the molecule is CC(C)C(C=N)=C(N)C(=N)CCc1ccc(N)cc1. The number of nitrogens with two attached hydrogens (primary N) is 2. The van der Waals surface area contributed by atoms with E-state index >= 15 is 0 Å². The van der Waals surface area contributed by atoms with Crippen molar-refractivity contribution < 1.29 is 0 Å². The third kappa shape index (κ3) is 4.25. The van der Waals surface area contributed by atoms with Gasteiger partial charge in [0, 0.05) is 11.9 Å². The highest BCUT2D eigenvalue weighted by Gasteiger charge is 2.10. The molecule has 1 aromatic carbocycles. The van der Waals surface area contributed by atoms with E-state index in [1.165, 1.54) is 6.21 Å². The molecule has 4 nitrogen and oxygen atoms in total. The number of aryl methyl sites for hydroxylation is 1. The minimum Gasteiger partial charge on any atom is -0.399 e. The van der Waals surface area contributed by atoms with Crippen molar-refractivity contribution in [3.63, 3.8) is 0 Å². The van der Waals surface area contributed by atoms with E-state index in [2.05, 4.69) is 0 Å². The van der Waals surface area contributed by atoms with E-state index in [1.54, 1.807) is 0 Å². The molecule has 0 radical (unpaired) electrons. The summed E-state index contributed by atoms with van der Waals surface area (Å²) < 4.78 is 0. The fourth-order valence-corrected chi connectivity index (χ4v) is 1.82. The molecule has 0 atom stereocenters. The first-order chi connectivity index (χ1) is 8.95. The number of benzene rings is 1. The van der Waals surface area contributed by atoms with Crippen LogP contribution in [0.5, 0.6) is 0 Å². The van der Waals surface area contributed by atoms with E-state index in [-0.39, 0.29) is 5.92 Å². The van der Waals surface area contributed by atoms with Crippen molar-refractivity contribution in [3.05, 3.63) is 41.1 Å². The molecule has 0 aromatic heterocycles. The molecule has 1 aromatic rings. The van der Waals surface area contributed by atoms with Crippen LogP contribution in [0.25, 0.3) is 0 Å². The Morgan fingerprint density at radius 3 is 2.32 bits per heavy atom. The number of nitrogens with one attached hydrogen (secondary N) is 2. The van der Waals surface area contributed by atoms with E-state index in [0.717, 1.165) is 23.2 Å². The summed E-state index contributed by atoms with van der Waals surface area (Å²) in [4.78, 5) is 0. The highest BCUT2D eigenvalue weighted by molar-refractivity contribution is 6.02. The maximum Gasteiger partial charge on any atom is 0.0576 e. The van der Waals surface area contributed by atoms with Crippen LogP contribution in [0.15, 0.2) is 35.5 Å².